The minimum atomic E-state index is -1.84. The summed E-state index contributed by atoms with van der Waals surface area (Å²) in [7, 11) is 0. The number of nitrogens with zero attached hydrogens (tertiary/aromatic N) is 1. The first kappa shape index (κ1) is 22.0. The fraction of sp³-hybridized carbons (Fsp3) is 0.233. The van der Waals surface area contributed by atoms with Crippen LogP contribution >= 0.6 is 0 Å². The molecular weight excluding hydrogens is 463 g/mol. The van der Waals surface area contributed by atoms with E-state index in [0.717, 1.165) is 33.6 Å². The second kappa shape index (κ2) is 7.88. The smallest absolute Gasteiger partial charge is 0.0616 e. The van der Waals surface area contributed by atoms with Crippen LogP contribution in [-0.4, -0.2) is 18.3 Å². The topological polar surface area (TPSA) is 26.0 Å². The quantitative estimate of drug-likeness (QED) is 0.237. The number of furan rings is 1. The molecule has 0 fully saturated rings. The molecule has 2 nitrogen and oxygen atoms in total. The van der Waals surface area contributed by atoms with Gasteiger partial charge in [-0.15, -0.1) is 0 Å². The number of fused-ring (bicyclic) bond motifs is 2. The van der Waals surface area contributed by atoms with Crippen LogP contribution in [0.2, 0.25) is 17.3 Å². The number of hydrogen-bond donors (Lipinski definition) is 0. The van der Waals surface area contributed by atoms with Crippen LogP contribution in [-0.2, 0) is 5.41 Å². The van der Waals surface area contributed by atoms with Crippen LogP contribution in [0.15, 0.2) is 83.4 Å². The molecule has 3 aromatic carbocycles. The van der Waals surface area contributed by atoms with Crippen LogP contribution in [0.5, 0.6) is 0 Å². The van der Waals surface area contributed by atoms with E-state index in [1.807, 2.05) is 12.3 Å². The summed E-state index contributed by atoms with van der Waals surface area (Å²) in [5, 5.41) is 3.61. The third-order valence-electron chi connectivity index (χ3n) is 6.41. The molecule has 0 amide bonds. The van der Waals surface area contributed by atoms with Gasteiger partial charge in [0.15, 0.2) is 0 Å². The molecule has 0 radical (unpaired) electrons. The summed E-state index contributed by atoms with van der Waals surface area (Å²) < 4.78 is 7.96. The zero-order valence-electron chi connectivity index (χ0n) is 20.4. The van der Waals surface area contributed by atoms with E-state index in [0.29, 0.717) is 0 Å². The average molecular weight is 494 g/mol. The summed E-state index contributed by atoms with van der Waals surface area (Å²) in [5.41, 5.74) is 5.31. The third-order valence-corrected chi connectivity index (χ3v) is 10.7. The zero-order chi connectivity index (χ0) is 23.4. The van der Waals surface area contributed by atoms with Crippen LogP contribution in [0.25, 0.3) is 44.3 Å². The molecule has 0 aliphatic carbocycles. The number of aromatic nitrogens is 1. The number of hydrogen-bond acceptors (Lipinski definition) is 2. The third kappa shape index (κ3) is 4.13. The Morgan fingerprint density at radius 1 is 0.758 bits per heavy atom. The standard InChI is InChI=1S/C30H31GeNO/c1-30(2,3)26-18-23(17-21-9-7-8-10-25(21)26)28-29-22(15-16-32-28)19-27(33-29)20-11-13-24(14-12-20)31(4,5)6/h7-19H,1-6H3. The summed E-state index contributed by atoms with van der Waals surface area (Å²) in [5.74, 6) is 8.15. The van der Waals surface area contributed by atoms with Crippen LogP contribution in [0.4, 0.5) is 0 Å². The molecule has 0 saturated carbocycles. The van der Waals surface area contributed by atoms with E-state index in [2.05, 4.69) is 105 Å². The Morgan fingerprint density at radius 3 is 2.18 bits per heavy atom. The molecule has 0 aliphatic rings. The fourth-order valence-electron chi connectivity index (χ4n) is 4.51. The van der Waals surface area contributed by atoms with Gasteiger partial charge < -0.3 is 0 Å². The fourth-order valence-corrected chi connectivity index (χ4v) is 6.96. The predicted molar refractivity (Wildman–Crippen MR) is 144 cm³/mol. The van der Waals surface area contributed by atoms with Crippen LogP contribution < -0.4 is 4.40 Å². The molecule has 0 saturated heterocycles. The van der Waals surface area contributed by atoms with Gasteiger partial charge in [0.1, 0.15) is 0 Å². The van der Waals surface area contributed by atoms with Gasteiger partial charge in [-0.3, -0.25) is 0 Å². The van der Waals surface area contributed by atoms with Crippen molar-refractivity contribution in [3.05, 3.63) is 84.6 Å². The van der Waals surface area contributed by atoms with Gasteiger partial charge in [-0.2, -0.15) is 0 Å². The van der Waals surface area contributed by atoms with Crippen molar-refractivity contribution >= 4 is 39.4 Å². The Balaban J connectivity index is 1.66. The minimum Gasteiger partial charge on any atom is -0.0616 e. The first-order valence-electron chi connectivity index (χ1n) is 11.6. The first-order chi connectivity index (χ1) is 15.6. The Kier molecular flexibility index (Phi) is 5.25. The van der Waals surface area contributed by atoms with Gasteiger partial charge >= 0.3 is 160 Å². The van der Waals surface area contributed by atoms with Gasteiger partial charge in [-0.05, 0) is 0 Å². The van der Waals surface area contributed by atoms with Gasteiger partial charge in [0.25, 0.3) is 0 Å². The molecule has 2 aromatic heterocycles. The van der Waals surface area contributed by atoms with E-state index >= 15 is 0 Å². The predicted octanol–water partition coefficient (Wildman–Crippen LogP) is 8.16. The minimum absolute atomic E-state index is 0.0249. The van der Waals surface area contributed by atoms with Crippen molar-refractivity contribution in [2.24, 2.45) is 0 Å². The molecule has 33 heavy (non-hydrogen) atoms. The molecule has 5 rings (SSSR count). The van der Waals surface area contributed by atoms with Gasteiger partial charge in [-0.25, -0.2) is 0 Å². The molecule has 0 atom stereocenters. The molecule has 166 valence electrons. The van der Waals surface area contributed by atoms with Crippen molar-refractivity contribution in [1.29, 1.82) is 0 Å². The van der Waals surface area contributed by atoms with Crippen molar-refractivity contribution < 1.29 is 4.42 Å². The van der Waals surface area contributed by atoms with Crippen molar-refractivity contribution in [1.82, 2.24) is 4.98 Å². The maximum absolute atomic E-state index is 6.46. The van der Waals surface area contributed by atoms with Crippen LogP contribution in [0, 0.1) is 0 Å². The second-order valence-corrected chi connectivity index (χ2v) is 21.7. The molecule has 0 aliphatic heterocycles. The van der Waals surface area contributed by atoms with E-state index in [1.165, 1.54) is 20.7 Å². The first-order valence-corrected chi connectivity index (χ1v) is 19.0. The van der Waals surface area contributed by atoms with Gasteiger partial charge in [0, 0.05) is 0 Å². The molecular formula is C30H31GeNO. The van der Waals surface area contributed by atoms with E-state index in [1.54, 1.807) is 0 Å². The SMILES string of the molecule is CC(C)(C)c1cc(-c2nccc3cc(-c4cc[c]([Ge]([CH3])([CH3])[CH3])cc4)oc23)cc2ccccc12. The van der Waals surface area contributed by atoms with Crippen molar-refractivity contribution in [2.45, 2.75) is 43.5 Å². The van der Waals surface area contributed by atoms with E-state index in [4.69, 9.17) is 9.40 Å². The average Bonchev–Trinajstić information content (AvgIpc) is 3.21. The number of pyridine rings is 1. The molecule has 0 spiro atoms. The Labute approximate surface area is 199 Å². The van der Waals surface area contributed by atoms with E-state index in [-0.39, 0.29) is 5.41 Å². The van der Waals surface area contributed by atoms with Gasteiger partial charge in [0.2, 0.25) is 0 Å². The summed E-state index contributed by atoms with van der Waals surface area (Å²) in [6.07, 6.45) is 1.89. The number of benzene rings is 3. The summed E-state index contributed by atoms with van der Waals surface area (Å²) >= 11 is -1.84. The zero-order valence-corrected chi connectivity index (χ0v) is 22.5. The molecule has 0 bridgehead atoms. The summed E-state index contributed by atoms with van der Waals surface area (Å²) in [6, 6.07) is 26.3. The van der Waals surface area contributed by atoms with Gasteiger partial charge in [0.05, 0.1) is 0 Å². The Bertz CT molecular complexity index is 1460. The Morgan fingerprint density at radius 2 is 1.48 bits per heavy atom. The van der Waals surface area contributed by atoms with Gasteiger partial charge in [-0.1, -0.05) is 39.0 Å². The normalized spacial score (nSPS) is 12.5. The van der Waals surface area contributed by atoms with E-state index < -0.39 is 13.3 Å². The Hall–Kier alpha value is -2.85. The molecule has 5 aromatic rings. The van der Waals surface area contributed by atoms with Crippen molar-refractivity contribution in [3.8, 4) is 22.6 Å². The monoisotopic (exact) mass is 495 g/mol. The number of rotatable bonds is 3. The molecule has 2 heterocycles. The molecule has 3 heteroatoms. The maximum atomic E-state index is 6.46. The second-order valence-electron chi connectivity index (χ2n) is 11.0. The van der Waals surface area contributed by atoms with Crippen molar-refractivity contribution in [3.63, 3.8) is 0 Å². The summed E-state index contributed by atoms with van der Waals surface area (Å²) in [6.45, 7) is 6.80. The van der Waals surface area contributed by atoms with Crippen molar-refractivity contribution in [2.75, 3.05) is 0 Å². The molecule has 0 N–H and O–H groups in total. The van der Waals surface area contributed by atoms with Crippen LogP contribution in [0.3, 0.4) is 0 Å². The van der Waals surface area contributed by atoms with Crippen LogP contribution in [0.1, 0.15) is 26.3 Å². The molecule has 0 unspecified atom stereocenters. The summed E-state index contributed by atoms with van der Waals surface area (Å²) in [4.78, 5) is 4.77. The van der Waals surface area contributed by atoms with E-state index in [9.17, 15) is 0 Å².